The van der Waals surface area contributed by atoms with Crippen LogP contribution in [0.2, 0.25) is 0 Å². The molecule has 0 radical (unpaired) electrons. The number of aromatic nitrogens is 3. The van der Waals surface area contributed by atoms with Gasteiger partial charge in [-0.3, -0.25) is 9.36 Å². The number of H-pyrrole nitrogens is 1. The van der Waals surface area contributed by atoms with Crippen LogP contribution in [0.1, 0.15) is 33.6 Å². The van der Waals surface area contributed by atoms with Crippen LogP contribution in [0.4, 0.5) is 0 Å². The molecule has 1 amide bonds. The fraction of sp³-hybridized carbons (Fsp3) is 0.727. The summed E-state index contributed by atoms with van der Waals surface area (Å²) in [5.74, 6) is -0.0275. The molecule has 0 unspecified atom stereocenters. The highest BCUT2D eigenvalue weighted by Gasteiger charge is 2.18. The van der Waals surface area contributed by atoms with E-state index in [9.17, 15) is 9.59 Å². The van der Waals surface area contributed by atoms with E-state index in [1.54, 1.807) is 4.57 Å². The lowest BCUT2D eigenvalue weighted by atomic mass is 10.4. The zero-order valence-electron chi connectivity index (χ0n) is 11.0. The molecule has 0 bridgehead atoms. The van der Waals surface area contributed by atoms with Gasteiger partial charge in [0.25, 0.3) is 0 Å². The van der Waals surface area contributed by atoms with Gasteiger partial charge in [0.1, 0.15) is 0 Å². The minimum atomic E-state index is -0.262. The van der Waals surface area contributed by atoms with E-state index in [4.69, 9.17) is 0 Å². The maximum atomic E-state index is 11.7. The average Bonchev–Trinajstić information content (AvgIpc) is 2.69. The standard InChI is InChI=1S/C11H20N4O2S/c1-4-6-12-9(16)8(3)18-11-14-13-10(17)15(11)7-5-2/h8H,4-7H2,1-3H3,(H,12,16)(H,13,17)/t8-/m1/s1. The Labute approximate surface area is 111 Å². The van der Waals surface area contributed by atoms with Crippen molar-refractivity contribution in [1.82, 2.24) is 20.1 Å². The van der Waals surface area contributed by atoms with E-state index in [0.29, 0.717) is 18.2 Å². The van der Waals surface area contributed by atoms with E-state index >= 15 is 0 Å². The summed E-state index contributed by atoms with van der Waals surface area (Å²) in [7, 11) is 0. The Balaban J connectivity index is 2.66. The summed E-state index contributed by atoms with van der Waals surface area (Å²) in [6.45, 7) is 7.09. The molecule has 6 nitrogen and oxygen atoms in total. The number of nitrogens with one attached hydrogen (secondary N) is 2. The second kappa shape index (κ2) is 7.25. The van der Waals surface area contributed by atoms with Gasteiger partial charge in [-0.25, -0.2) is 9.89 Å². The number of hydrogen-bond acceptors (Lipinski definition) is 4. The molecular formula is C11H20N4O2S. The van der Waals surface area contributed by atoms with Gasteiger partial charge in [0, 0.05) is 13.1 Å². The van der Waals surface area contributed by atoms with Crippen molar-refractivity contribution in [2.24, 2.45) is 0 Å². The average molecular weight is 272 g/mol. The quantitative estimate of drug-likeness (QED) is 0.725. The predicted octanol–water partition coefficient (Wildman–Crippen LogP) is 0.988. The van der Waals surface area contributed by atoms with Gasteiger partial charge >= 0.3 is 5.69 Å². The Morgan fingerprint density at radius 2 is 2.22 bits per heavy atom. The molecule has 0 saturated carbocycles. The number of thioether (sulfide) groups is 1. The van der Waals surface area contributed by atoms with Crippen molar-refractivity contribution in [2.45, 2.75) is 50.6 Å². The van der Waals surface area contributed by atoms with Gasteiger partial charge in [-0.2, -0.15) is 0 Å². The van der Waals surface area contributed by atoms with Crippen LogP contribution in [0.5, 0.6) is 0 Å². The van der Waals surface area contributed by atoms with E-state index in [1.165, 1.54) is 11.8 Å². The van der Waals surface area contributed by atoms with Crippen LogP contribution < -0.4 is 11.0 Å². The first-order valence-corrected chi connectivity index (χ1v) is 7.07. The van der Waals surface area contributed by atoms with Gasteiger partial charge in [0.2, 0.25) is 5.91 Å². The van der Waals surface area contributed by atoms with E-state index < -0.39 is 0 Å². The highest BCUT2D eigenvalue weighted by molar-refractivity contribution is 8.00. The van der Waals surface area contributed by atoms with E-state index in [2.05, 4.69) is 15.5 Å². The summed E-state index contributed by atoms with van der Waals surface area (Å²) >= 11 is 1.30. The Morgan fingerprint density at radius 3 is 2.83 bits per heavy atom. The van der Waals surface area contributed by atoms with Crippen LogP contribution in [0.3, 0.4) is 0 Å². The number of carbonyl (C=O) groups is 1. The molecule has 1 aromatic heterocycles. The van der Waals surface area contributed by atoms with Crippen molar-refractivity contribution in [3.05, 3.63) is 10.5 Å². The van der Waals surface area contributed by atoms with Crippen LogP contribution in [0.15, 0.2) is 9.95 Å². The lowest BCUT2D eigenvalue weighted by Gasteiger charge is -2.11. The molecule has 1 atom stereocenters. The molecule has 7 heteroatoms. The summed E-state index contributed by atoms with van der Waals surface area (Å²) < 4.78 is 1.56. The van der Waals surface area contributed by atoms with Crippen LogP contribution in [0, 0.1) is 0 Å². The minimum Gasteiger partial charge on any atom is -0.355 e. The van der Waals surface area contributed by atoms with Gasteiger partial charge in [0.05, 0.1) is 5.25 Å². The molecule has 0 aliphatic carbocycles. The Bertz CT molecular complexity index is 440. The fourth-order valence-corrected chi connectivity index (χ4v) is 2.32. The third kappa shape index (κ3) is 3.90. The normalized spacial score (nSPS) is 12.4. The fourth-order valence-electron chi connectivity index (χ4n) is 1.42. The second-order valence-corrected chi connectivity index (χ2v) is 5.32. The smallest absolute Gasteiger partial charge is 0.343 e. The van der Waals surface area contributed by atoms with E-state index in [1.807, 2.05) is 20.8 Å². The van der Waals surface area contributed by atoms with Gasteiger partial charge in [-0.05, 0) is 19.8 Å². The number of hydrogen-bond donors (Lipinski definition) is 2. The third-order valence-corrected chi connectivity index (χ3v) is 3.46. The largest absolute Gasteiger partial charge is 0.355 e. The Morgan fingerprint density at radius 1 is 1.50 bits per heavy atom. The van der Waals surface area contributed by atoms with Crippen LogP contribution in [-0.4, -0.2) is 32.5 Å². The second-order valence-electron chi connectivity index (χ2n) is 4.01. The zero-order chi connectivity index (χ0) is 13.5. The predicted molar refractivity (Wildman–Crippen MR) is 71.8 cm³/mol. The van der Waals surface area contributed by atoms with Crippen molar-refractivity contribution in [3.63, 3.8) is 0 Å². The molecule has 0 aliphatic rings. The number of nitrogens with zero attached hydrogens (tertiary/aromatic N) is 2. The summed E-state index contributed by atoms with van der Waals surface area (Å²) in [5.41, 5.74) is -0.222. The van der Waals surface area contributed by atoms with Gasteiger partial charge < -0.3 is 5.32 Å². The molecule has 1 aromatic rings. The molecule has 2 N–H and O–H groups in total. The summed E-state index contributed by atoms with van der Waals surface area (Å²) in [6.07, 6.45) is 1.76. The maximum absolute atomic E-state index is 11.7. The molecule has 0 fully saturated rings. The molecule has 0 aromatic carbocycles. The number of carbonyl (C=O) groups excluding carboxylic acids is 1. The first-order valence-electron chi connectivity index (χ1n) is 6.19. The molecule has 0 saturated heterocycles. The van der Waals surface area contributed by atoms with E-state index in [-0.39, 0.29) is 16.8 Å². The SMILES string of the molecule is CCCNC(=O)[C@@H](C)Sc1n[nH]c(=O)n1CCC. The van der Waals surface area contributed by atoms with Gasteiger partial charge in [0.15, 0.2) is 5.16 Å². The van der Waals surface area contributed by atoms with Crippen LogP contribution >= 0.6 is 11.8 Å². The first-order chi connectivity index (χ1) is 8.60. The highest BCUT2D eigenvalue weighted by Crippen LogP contribution is 2.19. The highest BCUT2D eigenvalue weighted by atomic mass is 32.2. The van der Waals surface area contributed by atoms with Crippen LogP contribution in [0.25, 0.3) is 0 Å². The molecule has 18 heavy (non-hydrogen) atoms. The first kappa shape index (κ1) is 14.8. The monoisotopic (exact) mass is 272 g/mol. The number of amides is 1. The summed E-state index contributed by atoms with van der Waals surface area (Å²) in [5, 5.41) is 9.49. The molecule has 1 rings (SSSR count). The maximum Gasteiger partial charge on any atom is 0.343 e. The molecule has 0 spiro atoms. The van der Waals surface area contributed by atoms with Crippen molar-refractivity contribution in [1.29, 1.82) is 0 Å². The lowest BCUT2D eigenvalue weighted by Crippen LogP contribution is -2.31. The molecule has 0 aliphatic heterocycles. The lowest BCUT2D eigenvalue weighted by molar-refractivity contribution is -0.120. The van der Waals surface area contributed by atoms with Crippen molar-refractivity contribution in [3.8, 4) is 0 Å². The summed E-state index contributed by atoms with van der Waals surface area (Å²) in [4.78, 5) is 23.2. The van der Waals surface area contributed by atoms with Crippen molar-refractivity contribution < 1.29 is 4.79 Å². The number of rotatable bonds is 7. The number of aromatic amines is 1. The molecule has 1 heterocycles. The van der Waals surface area contributed by atoms with Crippen LogP contribution in [-0.2, 0) is 11.3 Å². The zero-order valence-corrected chi connectivity index (χ0v) is 11.8. The minimum absolute atomic E-state index is 0.0275. The van der Waals surface area contributed by atoms with Crippen molar-refractivity contribution >= 4 is 17.7 Å². The topological polar surface area (TPSA) is 79.8 Å². The van der Waals surface area contributed by atoms with Gasteiger partial charge in [-0.15, -0.1) is 5.10 Å². The third-order valence-electron chi connectivity index (χ3n) is 2.37. The molecular weight excluding hydrogens is 252 g/mol. The summed E-state index contributed by atoms with van der Waals surface area (Å²) in [6, 6.07) is 0. The van der Waals surface area contributed by atoms with Gasteiger partial charge in [-0.1, -0.05) is 25.6 Å². The Kier molecular flexibility index (Phi) is 5.97. The van der Waals surface area contributed by atoms with E-state index in [0.717, 1.165) is 12.8 Å². The Hall–Kier alpha value is -1.24. The molecule has 102 valence electrons. The van der Waals surface area contributed by atoms with Crippen molar-refractivity contribution in [2.75, 3.05) is 6.54 Å².